The number of hydrogen-bond acceptors (Lipinski definition) is 4. The Hall–Kier alpha value is -2.02. The summed E-state index contributed by atoms with van der Waals surface area (Å²) < 4.78 is 5.49. The summed E-state index contributed by atoms with van der Waals surface area (Å²) >= 11 is 5.92. The zero-order valence-electron chi connectivity index (χ0n) is 12.0. The molecule has 1 aromatic carbocycles. The van der Waals surface area contributed by atoms with Crippen LogP contribution in [-0.4, -0.2) is 36.2 Å². The van der Waals surface area contributed by atoms with E-state index in [1.165, 1.54) is 13.0 Å². The Morgan fingerprint density at radius 3 is 2.77 bits per heavy atom. The summed E-state index contributed by atoms with van der Waals surface area (Å²) in [5, 5.41) is 12.2. The molecule has 0 aliphatic carbocycles. The molecule has 8 heteroatoms. The average Bonchev–Trinajstić information content (AvgIpc) is 2.43. The van der Waals surface area contributed by atoms with Crippen molar-refractivity contribution < 1.29 is 24.1 Å². The number of aromatic carboxylic acids is 1. The molecule has 1 unspecified atom stereocenters. The first-order valence-corrected chi connectivity index (χ1v) is 7.22. The molecule has 22 heavy (non-hydrogen) atoms. The molecule has 0 aromatic heterocycles. The Bertz CT molecular complexity index is 634. The number of rotatable bonds is 5. The van der Waals surface area contributed by atoms with Crippen molar-refractivity contribution >= 4 is 36.7 Å². The van der Waals surface area contributed by atoms with Crippen molar-refractivity contribution in [1.29, 1.82) is 0 Å². The molecule has 1 aliphatic rings. The normalized spacial score (nSPS) is 16.0. The van der Waals surface area contributed by atoms with Crippen LogP contribution in [0.15, 0.2) is 12.1 Å². The Kier molecular flexibility index (Phi) is 5.08. The SMILES string of the molecule is CC(=O)CCC(=O)NC1BOc2c(cc(Cl)cc2C(=O)O)C1. The number of benzene rings is 1. The van der Waals surface area contributed by atoms with Crippen molar-refractivity contribution in [2.45, 2.75) is 32.1 Å². The van der Waals surface area contributed by atoms with Gasteiger partial charge in [0.15, 0.2) is 0 Å². The van der Waals surface area contributed by atoms with Crippen LogP contribution in [0.1, 0.15) is 35.7 Å². The van der Waals surface area contributed by atoms with Gasteiger partial charge in [0.2, 0.25) is 5.91 Å². The number of hydrogen-bond donors (Lipinski definition) is 2. The van der Waals surface area contributed by atoms with E-state index in [-0.39, 0.29) is 43.5 Å². The van der Waals surface area contributed by atoms with Crippen LogP contribution in [0.2, 0.25) is 5.02 Å². The summed E-state index contributed by atoms with van der Waals surface area (Å²) in [7, 11) is 0.181. The number of carboxylic acid groups (broad SMARTS) is 1. The van der Waals surface area contributed by atoms with Crippen LogP contribution in [0.3, 0.4) is 0 Å². The van der Waals surface area contributed by atoms with Crippen molar-refractivity contribution in [3.8, 4) is 5.75 Å². The number of fused-ring (bicyclic) bond motifs is 1. The Labute approximate surface area is 133 Å². The Morgan fingerprint density at radius 1 is 1.41 bits per heavy atom. The summed E-state index contributed by atoms with van der Waals surface area (Å²) in [6.45, 7) is 1.43. The number of carbonyl (C=O) groups is 3. The maximum atomic E-state index is 11.7. The van der Waals surface area contributed by atoms with Gasteiger partial charge in [-0.1, -0.05) is 11.6 Å². The van der Waals surface area contributed by atoms with Crippen molar-refractivity contribution in [2.24, 2.45) is 0 Å². The molecule has 1 amide bonds. The minimum absolute atomic E-state index is 0.0175. The zero-order valence-corrected chi connectivity index (χ0v) is 12.8. The molecule has 1 atom stereocenters. The molecule has 0 bridgehead atoms. The van der Waals surface area contributed by atoms with Gasteiger partial charge in [-0.05, 0) is 31.0 Å². The van der Waals surface area contributed by atoms with Gasteiger partial charge in [-0.3, -0.25) is 4.79 Å². The van der Waals surface area contributed by atoms with Crippen LogP contribution < -0.4 is 9.97 Å². The van der Waals surface area contributed by atoms with Crippen molar-refractivity contribution in [1.82, 2.24) is 5.32 Å². The second-order valence-electron chi connectivity index (χ2n) is 5.23. The largest absolute Gasteiger partial charge is 0.561 e. The second-order valence-corrected chi connectivity index (χ2v) is 5.66. The van der Waals surface area contributed by atoms with Crippen LogP contribution in [0.4, 0.5) is 0 Å². The predicted octanol–water partition coefficient (Wildman–Crippen LogP) is 1.14. The molecule has 1 aromatic rings. The van der Waals surface area contributed by atoms with Gasteiger partial charge >= 0.3 is 13.5 Å². The van der Waals surface area contributed by atoms with Crippen molar-refractivity contribution in [3.63, 3.8) is 0 Å². The van der Waals surface area contributed by atoms with Crippen LogP contribution in [0, 0.1) is 0 Å². The molecule has 116 valence electrons. The molecule has 0 spiro atoms. The maximum absolute atomic E-state index is 11.7. The van der Waals surface area contributed by atoms with Crippen molar-refractivity contribution in [2.75, 3.05) is 0 Å². The minimum Gasteiger partial charge on any atom is -0.561 e. The third-order valence-electron chi connectivity index (χ3n) is 3.33. The Balaban J connectivity index is 2.07. The van der Waals surface area contributed by atoms with E-state index in [4.69, 9.17) is 21.4 Å². The topological polar surface area (TPSA) is 92.7 Å². The van der Waals surface area contributed by atoms with Gasteiger partial charge in [0.1, 0.15) is 17.1 Å². The fourth-order valence-electron chi connectivity index (χ4n) is 2.32. The Morgan fingerprint density at radius 2 is 2.14 bits per heavy atom. The van der Waals surface area contributed by atoms with E-state index in [9.17, 15) is 14.4 Å². The highest BCUT2D eigenvalue weighted by Gasteiger charge is 2.27. The number of halogens is 1. The molecule has 0 saturated heterocycles. The summed E-state index contributed by atoms with van der Waals surface area (Å²) in [5.74, 6) is -1.35. The number of amides is 1. The second kappa shape index (κ2) is 6.83. The molecular weight excluding hydrogens is 308 g/mol. The third kappa shape index (κ3) is 4.01. The molecular formula is C14H15BClNO5. The molecule has 0 radical (unpaired) electrons. The summed E-state index contributed by atoms with van der Waals surface area (Å²) in [4.78, 5) is 33.8. The fourth-order valence-corrected chi connectivity index (χ4v) is 2.56. The first-order chi connectivity index (χ1) is 10.4. The molecule has 2 rings (SSSR count). The smallest absolute Gasteiger partial charge is 0.363 e. The van der Waals surface area contributed by atoms with Gasteiger partial charge in [-0.2, -0.15) is 0 Å². The lowest BCUT2D eigenvalue weighted by molar-refractivity contribution is -0.124. The van der Waals surface area contributed by atoms with E-state index in [0.29, 0.717) is 22.8 Å². The third-order valence-corrected chi connectivity index (χ3v) is 3.54. The lowest BCUT2D eigenvalue weighted by Gasteiger charge is -2.26. The maximum Gasteiger partial charge on any atom is 0.363 e. The van der Waals surface area contributed by atoms with E-state index in [2.05, 4.69) is 5.32 Å². The fraction of sp³-hybridized carbons (Fsp3) is 0.357. The van der Waals surface area contributed by atoms with Crippen LogP contribution in [0.5, 0.6) is 5.75 Å². The van der Waals surface area contributed by atoms with E-state index in [1.54, 1.807) is 6.07 Å². The van der Waals surface area contributed by atoms with E-state index >= 15 is 0 Å². The summed E-state index contributed by atoms with van der Waals surface area (Å²) in [6.07, 6.45) is 0.765. The van der Waals surface area contributed by atoms with Crippen LogP contribution in [0.25, 0.3) is 0 Å². The molecule has 1 heterocycles. The molecule has 2 N–H and O–H groups in total. The molecule has 6 nitrogen and oxygen atoms in total. The highest BCUT2D eigenvalue weighted by atomic mass is 35.5. The van der Waals surface area contributed by atoms with Gasteiger partial charge in [0, 0.05) is 23.8 Å². The molecule has 0 saturated carbocycles. The number of Topliss-reactive ketones (excluding diaryl/α,β-unsaturated/α-hetero) is 1. The lowest BCUT2D eigenvalue weighted by Crippen LogP contribution is -2.45. The van der Waals surface area contributed by atoms with Gasteiger partial charge in [0.25, 0.3) is 0 Å². The average molecular weight is 324 g/mol. The van der Waals surface area contributed by atoms with E-state index < -0.39 is 5.97 Å². The highest BCUT2D eigenvalue weighted by Crippen LogP contribution is 2.31. The number of carbonyl (C=O) groups excluding carboxylic acids is 2. The zero-order chi connectivity index (χ0) is 16.3. The number of nitrogens with one attached hydrogen (secondary N) is 1. The predicted molar refractivity (Wildman–Crippen MR) is 81.7 cm³/mol. The number of ketones is 1. The van der Waals surface area contributed by atoms with E-state index in [1.807, 2.05) is 0 Å². The first kappa shape index (κ1) is 16.4. The lowest BCUT2D eigenvalue weighted by atomic mass is 9.79. The van der Waals surface area contributed by atoms with Crippen LogP contribution in [-0.2, 0) is 16.0 Å². The van der Waals surface area contributed by atoms with Gasteiger partial charge < -0.3 is 19.9 Å². The summed E-state index contributed by atoms with van der Waals surface area (Å²) in [5.41, 5.74) is 0.664. The number of carboxylic acids is 1. The van der Waals surface area contributed by atoms with E-state index in [0.717, 1.165) is 0 Å². The monoisotopic (exact) mass is 323 g/mol. The van der Waals surface area contributed by atoms with Gasteiger partial charge in [0.05, 0.1) is 0 Å². The molecule has 0 fully saturated rings. The highest BCUT2D eigenvalue weighted by molar-refractivity contribution is 6.33. The first-order valence-electron chi connectivity index (χ1n) is 6.84. The quantitative estimate of drug-likeness (QED) is 0.793. The van der Waals surface area contributed by atoms with Crippen LogP contribution >= 0.6 is 11.6 Å². The van der Waals surface area contributed by atoms with Gasteiger partial charge in [-0.25, -0.2) is 4.79 Å². The minimum atomic E-state index is -1.11. The van der Waals surface area contributed by atoms with Crippen molar-refractivity contribution in [3.05, 3.63) is 28.3 Å². The summed E-state index contributed by atoms with van der Waals surface area (Å²) in [6, 6.07) is 2.98. The van der Waals surface area contributed by atoms with Gasteiger partial charge in [-0.15, -0.1) is 0 Å². The molecule has 1 aliphatic heterocycles. The standard InChI is InChI=1S/C14H15BClNO5/c1-7(18)2-3-12(19)17-11-5-8-4-9(16)6-10(14(20)21)13(8)22-15-11/h4,6,11,15H,2-3,5H2,1H3,(H,17,19)(H,20,21).